The number of ether oxygens (including phenoxy) is 1. The monoisotopic (exact) mass is 284 g/mol. The zero-order valence-electron chi connectivity index (χ0n) is 10.6. The second kappa shape index (κ2) is 5.08. The fraction of sp³-hybridized carbons (Fsp3) is 0.417. The van der Waals surface area contributed by atoms with E-state index in [4.69, 9.17) is 5.73 Å². The molecule has 0 fully saturated rings. The van der Waals surface area contributed by atoms with Gasteiger partial charge in [0.1, 0.15) is 0 Å². The Morgan fingerprint density at radius 2 is 2.21 bits per heavy atom. The van der Waals surface area contributed by atoms with Crippen molar-refractivity contribution in [1.29, 1.82) is 0 Å². The molecule has 0 amide bonds. The first-order valence-corrected chi connectivity index (χ1v) is 7.51. The van der Waals surface area contributed by atoms with Gasteiger partial charge < -0.3 is 10.5 Å². The molecule has 1 aromatic carbocycles. The van der Waals surface area contributed by atoms with Gasteiger partial charge in [-0.1, -0.05) is 6.07 Å². The van der Waals surface area contributed by atoms with Crippen LogP contribution >= 0.6 is 0 Å². The smallest absolute Gasteiger partial charge is 0.322 e. The average Bonchev–Trinajstić information content (AvgIpc) is 2.38. The number of methoxy groups -OCH3 is 1. The first-order chi connectivity index (χ1) is 8.95. The summed E-state index contributed by atoms with van der Waals surface area (Å²) in [5.41, 5.74) is 7.83. The highest BCUT2D eigenvalue weighted by atomic mass is 32.2. The van der Waals surface area contributed by atoms with Gasteiger partial charge in [0.25, 0.3) is 0 Å². The van der Waals surface area contributed by atoms with Gasteiger partial charge in [0, 0.05) is 12.2 Å². The van der Waals surface area contributed by atoms with E-state index in [0.29, 0.717) is 24.3 Å². The predicted molar refractivity (Wildman–Crippen MR) is 72.3 cm³/mol. The lowest BCUT2D eigenvalue weighted by Crippen LogP contribution is -2.39. The topological polar surface area (TPSA) is 89.7 Å². The third-order valence-electron chi connectivity index (χ3n) is 3.11. The van der Waals surface area contributed by atoms with Gasteiger partial charge in [-0.05, 0) is 30.5 Å². The fourth-order valence-corrected chi connectivity index (χ4v) is 3.64. The van der Waals surface area contributed by atoms with Crippen LogP contribution in [0.3, 0.4) is 0 Å². The summed E-state index contributed by atoms with van der Waals surface area (Å²) in [6, 6.07) is 5.16. The van der Waals surface area contributed by atoms with Crippen LogP contribution in [0.1, 0.15) is 12.0 Å². The minimum atomic E-state index is -3.72. The fourth-order valence-electron chi connectivity index (χ4n) is 2.19. The van der Waals surface area contributed by atoms with E-state index in [2.05, 4.69) is 4.74 Å². The van der Waals surface area contributed by atoms with Crippen LogP contribution in [-0.4, -0.2) is 33.8 Å². The Balaban J connectivity index is 2.39. The lowest BCUT2D eigenvalue weighted by Gasteiger charge is -2.30. The molecule has 6 nitrogen and oxygen atoms in total. The Morgan fingerprint density at radius 3 is 2.89 bits per heavy atom. The van der Waals surface area contributed by atoms with Crippen LogP contribution in [0.25, 0.3) is 0 Å². The molecule has 0 radical (unpaired) electrons. The number of esters is 1. The molecule has 0 aromatic heterocycles. The highest BCUT2D eigenvalue weighted by molar-refractivity contribution is 7.93. The molecule has 1 heterocycles. The maximum atomic E-state index is 12.2. The van der Waals surface area contributed by atoms with Gasteiger partial charge in [-0.15, -0.1) is 0 Å². The molecule has 2 rings (SSSR count). The van der Waals surface area contributed by atoms with E-state index >= 15 is 0 Å². The van der Waals surface area contributed by atoms with Gasteiger partial charge in [0.05, 0.1) is 12.8 Å². The van der Waals surface area contributed by atoms with E-state index in [9.17, 15) is 13.2 Å². The minimum absolute atomic E-state index is 0.357. The summed E-state index contributed by atoms with van der Waals surface area (Å²) in [5.74, 6) is -1.42. The summed E-state index contributed by atoms with van der Waals surface area (Å²) in [6.07, 6.45) is 1.42. The van der Waals surface area contributed by atoms with Gasteiger partial charge >= 0.3 is 5.97 Å². The van der Waals surface area contributed by atoms with Crippen LogP contribution in [0.4, 0.5) is 11.4 Å². The molecule has 0 aliphatic carbocycles. The van der Waals surface area contributed by atoms with Gasteiger partial charge in [-0.25, -0.2) is 8.42 Å². The zero-order valence-corrected chi connectivity index (χ0v) is 11.4. The second-order valence-corrected chi connectivity index (χ2v) is 6.25. The maximum Gasteiger partial charge on any atom is 0.322 e. The Labute approximate surface area is 112 Å². The summed E-state index contributed by atoms with van der Waals surface area (Å²) in [5, 5.41) is 0. The third kappa shape index (κ3) is 2.65. The van der Waals surface area contributed by atoms with Crippen molar-refractivity contribution in [3.05, 3.63) is 23.8 Å². The highest BCUT2D eigenvalue weighted by Gasteiger charge is 2.30. The van der Waals surface area contributed by atoms with Crippen molar-refractivity contribution in [2.45, 2.75) is 12.8 Å². The maximum absolute atomic E-state index is 12.2. The highest BCUT2D eigenvalue weighted by Crippen LogP contribution is 2.33. The molecule has 7 heteroatoms. The number of anilines is 2. The summed E-state index contributed by atoms with van der Waals surface area (Å²) in [6.45, 7) is 0.357. The molecule has 0 atom stereocenters. The Kier molecular flexibility index (Phi) is 3.66. The van der Waals surface area contributed by atoms with E-state index in [0.717, 1.165) is 12.0 Å². The Morgan fingerprint density at radius 1 is 1.47 bits per heavy atom. The molecule has 0 saturated heterocycles. The number of nitrogens with two attached hydrogens (primary N) is 1. The van der Waals surface area contributed by atoms with Crippen LogP contribution in [0.2, 0.25) is 0 Å². The van der Waals surface area contributed by atoms with Crippen LogP contribution in [0.5, 0.6) is 0 Å². The standard InChI is InChI=1S/C12H16N2O4S/c1-18-12(15)8-19(16,17)14-7-3-4-9-10(13)5-2-6-11(9)14/h2,5-6H,3-4,7-8,13H2,1H3. The lowest BCUT2D eigenvalue weighted by atomic mass is 10.0. The van der Waals surface area contributed by atoms with Crippen molar-refractivity contribution < 1.29 is 17.9 Å². The van der Waals surface area contributed by atoms with Crippen LogP contribution in [0.15, 0.2) is 18.2 Å². The van der Waals surface area contributed by atoms with E-state index in [-0.39, 0.29) is 0 Å². The third-order valence-corrected chi connectivity index (χ3v) is 4.76. The molecule has 104 valence electrons. The number of carbonyl (C=O) groups is 1. The largest absolute Gasteiger partial charge is 0.468 e. The molecular weight excluding hydrogens is 268 g/mol. The molecule has 19 heavy (non-hydrogen) atoms. The number of fused-ring (bicyclic) bond motifs is 1. The van der Waals surface area contributed by atoms with Crippen LogP contribution < -0.4 is 10.0 Å². The van der Waals surface area contributed by atoms with E-state index in [1.807, 2.05) is 0 Å². The number of carbonyl (C=O) groups excluding carboxylic acids is 1. The van der Waals surface area contributed by atoms with Crippen molar-refractivity contribution in [3.8, 4) is 0 Å². The molecule has 0 unspecified atom stereocenters. The van der Waals surface area contributed by atoms with Gasteiger partial charge in [0.2, 0.25) is 10.0 Å². The van der Waals surface area contributed by atoms with Crippen LogP contribution in [0, 0.1) is 0 Å². The van der Waals surface area contributed by atoms with Gasteiger partial charge in [0.15, 0.2) is 5.75 Å². The van der Waals surface area contributed by atoms with Gasteiger partial charge in [-0.2, -0.15) is 0 Å². The number of hydrogen-bond acceptors (Lipinski definition) is 5. The Bertz CT molecular complexity index is 598. The van der Waals surface area contributed by atoms with E-state index in [1.165, 1.54) is 11.4 Å². The predicted octanol–water partition coefficient (Wildman–Crippen LogP) is 0.524. The van der Waals surface area contributed by atoms with Crippen molar-refractivity contribution in [1.82, 2.24) is 0 Å². The van der Waals surface area contributed by atoms with Crippen LogP contribution in [-0.2, 0) is 26.0 Å². The number of nitrogen functional groups attached to an aromatic ring is 1. The molecule has 1 aromatic rings. The first kappa shape index (κ1) is 13.7. The van der Waals surface area contributed by atoms with E-state index in [1.54, 1.807) is 18.2 Å². The zero-order chi connectivity index (χ0) is 14.0. The minimum Gasteiger partial charge on any atom is -0.468 e. The first-order valence-electron chi connectivity index (χ1n) is 5.90. The number of benzene rings is 1. The average molecular weight is 284 g/mol. The Hall–Kier alpha value is -1.76. The summed E-state index contributed by atoms with van der Waals surface area (Å²) in [4.78, 5) is 11.2. The molecule has 1 aliphatic heterocycles. The lowest BCUT2D eigenvalue weighted by molar-refractivity contribution is -0.137. The second-order valence-electron chi connectivity index (χ2n) is 4.35. The number of hydrogen-bond donors (Lipinski definition) is 1. The molecular formula is C12H16N2O4S. The summed E-state index contributed by atoms with van der Waals surface area (Å²) >= 11 is 0. The number of sulfonamides is 1. The van der Waals surface area contributed by atoms with Crippen molar-refractivity contribution in [3.63, 3.8) is 0 Å². The van der Waals surface area contributed by atoms with Gasteiger partial charge in [-0.3, -0.25) is 9.10 Å². The molecule has 2 N–H and O–H groups in total. The van der Waals surface area contributed by atoms with Crippen molar-refractivity contribution in [2.75, 3.05) is 29.4 Å². The number of rotatable bonds is 3. The summed E-state index contributed by atoms with van der Waals surface area (Å²) in [7, 11) is -2.55. The normalized spacial score (nSPS) is 14.9. The molecule has 1 aliphatic rings. The molecule has 0 bridgehead atoms. The summed E-state index contributed by atoms with van der Waals surface area (Å²) < 4.78 is 30.1. The molecule has 0 spiro atoms. The van der Waals surface area contributed by atoms with E-state index < -0.39 is 21.7 Å². The number of nitrogens with zero attached hydrogens (tertiary/aromatic N) is 1. The van der Waals surface area contributed by atoms with Crippen molar-refractivity contribution in [2.24, 2.45) is 0 Å². The van der Waals surface area contributed by atoms with Crippen molar-refractivity contribution >= 4 is 27.4 Å². The SMILES string of the molecule is COC(=O)CS(=O)(=O)N1CCCc2c(N)cccc21. The molecule has 0 saturated carbocycles. The quantitative estimate of drug-likeness (QED) is 0.645.